The van der Waals surface area contributed by atoms with Crippen LogP contribution in [0.3, 0.4) is 0 Å². The van der Waals surface area contributed by atoms with Gasteiger partial charge in [-0.15, -0.1) is 0 Å². The van der Waals surface area contributed by atoms with E-state index in [1.165, 1.54) is 0 Å². The fraction of sp³-hybridized carbons (Fsp3) is 0.650. The molecule has 0 bridgehead atoms. The number of piperazine rings is 1. The molecule has 0 aliphatic carbocycles. The van der Waals surface area contributed by atoms with Gasteiger partial charge in [0.15, 0.2) is 0 Å². The van der Waals surface area contributed by atoms with Gasteiger partial charge in [0.2, 0.25) is 0 Å². The lowest BCUT2D eigenvalue weighted by molar-refractivity contribution is 0.00867. The van der Waals surface area contributed by atoms with E-state index < -0.39 is 0 Å². The second kappa shape index (κ2) is 14.3. The minimum Gasteiger partial charge on any atom is -0.445 e. The summed E-state index contributed by atoms with van der Waals surface area (Å²) >= 11 is 0. The largest absolute Gasteiger partial charge is 0.445 e. The first-order chi connectivity index (χ1) is 13.8. The fourth-order valence-electron chi connectivity index (χ4n) is 2.78. The van der Waals surface area contributed by atoms with Crippen LogP contribution in [0.4, 0.5) is 4.79 Å². The van der Waals surface area contributed by atoms with Crippen LogP contribution in [0.15, 0.2) is 30.3 Å². The second-order valence-electron chi connectivity index (χ2n) is 6.49. The number of nitrogens with two attached hydrogens (primary N) is 1. The summed E-state index contributed by atoms with van der Waals surface area (Å²) < 4.78 is 21.6. The minimum atomic E-state index is -0.243. The number of amides is 1. The molecular formula is C20H33N3O5. The van der Waals surface area contributed by atoms with Crippen molar-refractivity contribution in [2.45, 2.75) is 6.61 Å². The van der Waals surface area contributed by atoms with Crippen LogP contribution in [0.25, 0.3) is 0 Å². The standard InChI is InChI=1S/C20H33N3O5/c21-6-12-25-14-16-27-17-15-26-13-11-22-7-9-23(10-8-22)20(24)28-18-19-4-2-1-3-5-19/h1-5H,6-18,21H2. The van der Waals surface area contributed by atoms with Gasteiger partial charge in [-0.3, -0.25) is 4.90 Å². The van der Waals surface area contributed by atoms with Crippen molar-refractivity contribution in [3.63, 3.8) is 0 Å². The topological polar surface area (TPSA) is 86.5 Å². The van der Waals surface area contributed by atoms with Gasteiger partial charge in [0, 0.05) is 39.3 Å². The van der Waals surface area contributed by atoms with Crippen LogP contribution in [-0.4, -0.2) is 94.8 Å². The molecule has 28 heavy (non-hydrogen) atoms. The van der Waals surface area contributed by atoms with E-state index in [0.29, 0.717) is 65.9 Å². The number of carbonyl (C=O) groups excluding carboxylic acids is 1. The molecule has 0 aromatic heterocycles. The van der Waals surface area contributed by atoms with Gasteiger partial charge in [-0.05, 0) is 5.56 Å². The Labute approximate surface area is 167 Å². The van der Waals surface area contributed by atoms with Crippen LogP contribution >= 0.6 is 0 Å². The van der Waals surface area contributed by atoms with Gasteiger partial charge >= 0.3 is 6.09 Å². The zero-order valence-electron chi connectivity index (χ0n) is 16.6. The lowest BCUT2D eigenvalue weighted by Crippen LogP contribution is -2.49. The molecule has 1 aliphatic heterocycles. The molecule has 0 saturated carbocycles. The van der Waals surface area contributed by atoms with Crippen LogP contribution in [0.1, 0.15) is 5.56 Å². The molecule has 1 amide bonds. The molecule has 1 aliphatic rings. The number of benzene rings is 1. The number of nitrogens with zero attached hydrogens (tertiary/aromatic N) is 2. The van der Waals surface area contributed by atoms with E-state index in [9.17, 15) is 4.79 Å². The van der Waals surface area contributed by atoms with Gasteiger partial charge in [0.25, 0.3) is 0 Å². The normalized spacial score (nSPS) is 15.0. The molecule has 0 spiro atoms. The van der Waals surface area contributed by atoms with E-state index in [-0.39, 0.29) is 6.09 Å². The first-order valence-corrected chi connectivity index (χ1v) is 9.91. The van der Waals surface area contributed by atoms with E-state index in [0.717, 1.165) is 25.2 Å². The van der Waals surface area contributed by atoms with Crippen molar-refractivity contribution in [1.29, 1.82) is 0 Å². The fourth-order valence-corrected chi connectivity index (χ4v) is 2.78. The molecule has 1 saturated heterocycles. The van der Waals surface area contributed by atoms with Crippen LogP contribution in [0.2, 0.25) is 0 Å². The maximum atomic E-state index is 12.2. The van der Waals surface area contributed by atoms with Gasteiger partial charge in [0.1, 0.15) is 6.61 Å². The molecule has 1 aromatic carbocycles. The Bertz CT molecular complexity index is 524. The highest BCUT2D eigenvalue weighted by molar-refractivity contribution is 5.67. The lowest BCUT2D eigenvalue weighted by Gasteiger charge is -2.33. The zero-order chi connectivity index (χ0) is 19.9. The molecule has 0 radical (unpaired) electrons. The van der Waals surface area contributed by atoms with Crippen molar-refractivity contribution in [2.75, 3.05) is 78.9 Å². The van der Waals surface area contributed by atoms with E-state index in [1.807, 2.05) is 30.3 Å². The van der Waals surface area contributed by atoms with Crippen molar-refractivity contribution in [1.82, 2.24) is 9.80 Å². The first kappa shape index (κ1) is 22.6. The molecule has 8 heteroatoms. The van der Waals surface area contributed by atoms with Crippen LogP contribution in [0, 0.1) is 0 Å². The van der Waals surface area contributed by atoms with Crippen LogP contribution < -0.4 is 5.73 Å². The Morgan fingerprint density at radius 2 is 1.46 bits per heavy atom. The summed E-state index contributed by atoms with van der Waals surface area (Å²) in [6.07, 6.45) is -0.243. The number of hydrogen-bond acceptors (Lipinski definition) is 7. The minimum absolute atomic E-state index is 0.243. The van der Waals surface area contributed by atoms with Gasteiger partial charge in [-0.2, -0.15) is 0 Å². The molecule has 158 valence electrons. The Morgan fingerprint density at radius 1 is 0.857 bits per heavy atom. The Hall–Kier alpha value is -1.71. The molecule has 1 heterocycles. The van der Waals surface area contributed by atoms with Crippen molar-refractivity contribution < 1.29 is 23.7 Å². The molecule has 8 nitrogen and oxygen atoms in total. The highest BCUT2D eigenvalue weighted by Crippen LogP contribution is 2.06. The highest BCUT2D eigenvalue weighted by atomic mass is 16.6. The summed E-state index contributed by atoms with van der Waals surface area (Å²) in [7, 11) is 0. The SMILES string of the molecule is NCCOCCOCCOCCN1CCN(C(=O)OCc2ccccc2)CC1. The molecule has 1 fully saturated rings. The maximum absolute atomic E-state index is 12.2. The van der Waals surface area contributed by atoms with Crippen LogP contribution in [0.5, 0.6) is 0 Å². The average Bonchev–Trinajstić information content (AvgIpc) is 2.74. The molecule has 2 N–H and O–H groups in total. The quantitative estimate of drug-likeness (QED) is 0.498. The smallest absolute Gasteiger partial charge is 0.410 e. The summed E-state index contributed by atoms with van der Waals surface area (Å²) in [5, 5.41) is 0. The molecular weight excluding hydrogens is 362 g/mol. The van der Waals surface area contributed by atoms with E-state index >= 15 is 0 Å². The summed E-state index contributed by atoms with van der Waals surface area (Å²) in [6.45, 7) is 8.21. The predicted molar refractivity (Wildman–Crippen MR) is 106 cm³/mol. The van der Waals surface area contributed by atoms with E-state index in [4.69, 9.17) is 24.7 Å². The van der Waals surface area contributed by atoms with Crippen molar-refractivity contribution in [3.8, 4) is 0 Å². The Balaban J connectivity index is 1.44. The molecule has 0 unspecified atom stereocenters. The number of ether oxygens (including phenoxy) is 4. The predicted octanol–water partition coefficient (Wildman–Crippen LogP) is 0.949. The molecule has 0 atom stereocenters. The average molecular weight is 396 g/mol. The van der Waals surface area contributed by atoms with Crippen molar-refractivity contribution >= 4 is 6.09 Å². The summed E-state index contributed by atoms with van der Waals surface area (Å²) in [5.74, 6) is 0. The second-order valence-corrected chi connectivity index (χ2v) is 6.49. The summed E-state index contributed by atoms with van der Waals surface area (Å²) in [6, 6.07) is 9.72. The lowest BCUT2D eigenvalue weighted by atomic mass is 10.2. The third-order valence-electron chi connectivity index (χ3n) is 4.39. The number of carbonyl (C=O) groups is 1. The summed E-state index contributed by atoms with van der Waals surface area (Å²) in [4.78, 5) is 16.2. The van der Waals surface area contributed by atoms with E-state index in [2.05, 4.69) is 4.90 Å². The zero-order valence-corrected chi connectivity index (χ0v) is 16.6. The maximum Gasteiger partial charge on any atom is 0.410 e. The highest BCUT2D eigenvalue weighted by Gasteiger charge is 2.21. The third kappa shape index (κ3) is 9.48. The van der Waals surface area contributed by atoms with Gasteiger partial charge < -0.3 is 29.6 Å². The van der Waals surface area contributed by atoms with Crippen molar-refractivity contribution in [3.05, 3.63) is 35.9 Å². The Morgan fingerprint density at radius 3 is 2.11 bits per heavy atom. The first-order valence-electron chi connectivity index (χ1n) is 9.91. The third-order valence-corrected chi connectivity index (χ3v) is 4.39. The summed E-state index contributed by atoms with van der Waals surface area (Å²) in [5.41, 5.74) is 6.33. The number of hydrogen-bond donors (Lipinski definition) is 1. The van der Waals surface area contributed by atoms with Crippen LogP contribution in [-0.2, 0) is 25.6 Å². The van der Waals surface area contributed by atoms with Gasteiger partial charge in [-0.25, -0.2) is 4.79 Å². The van der Waals surface area contributed by atoms with Crippen molar-refractivity contribution in [2.24, 2.45) is 5.73 Å². The van der Waals surface area contributed by atoms with Gasteiger partial charge in [-0.1, -0.05) is 30.3 Å². The Kier molecular flexibility index (Phi) is 11.5. The van der Waals surface area contributed by atoms with E-state index in [1.54, 1.807) is 4.90 Å². The molecule has 2 rings (SSSR count). The van der Waals surface area contributed by atoms with Gasteiger partial charge in [0.05, 0.1) is 39.6 Å². The number of rotatable bonds is 13. The molecule has 1 aromatic rings. The monoisotopic (exact) mass is 395 g/mol.